The normalized spacial score (nSPS) is 35.6. The molecule has 3 aliphatic heterocycles. The van der Waals surface area contributed by atoms with Crippen molar-refractivity contribution in [3.63, 3.8) is 0 Å². The summed E-state index contributed by atoms with van der Waals surface area (Å²) in [6.07, 6.45) is 9.11. The first-order valence-electron chi connectivity index (χ1n) is 20.9. The number of nitrogens with one attached hydrogen (secondary N) is 2. The molecular weight excluding hydrogens is 767 g/mol. The molecule has 0 radical (unpaired) electrons. The molecular formula is C42H53N5O10S. The lowest BCUT2D eigenvalue weighted by atomic mass is 9.86. The number of carbonyl (C=O) groups excluding carboxylic acids is 3. The Morgan fingerprint density at radius 3 is 2.53 bits per heavy atom. The van der Waals surface area contributed by atoms with E-state index in [9.17, 15) is 27.9 Å². The van der Waals surface area contributed by atoms with Gasteiger partial charge in [-0.05, 0) is 107 Å². The number of carboxylic acid groups (broad SMARTS) is 1. The third-order valence-corrected chi connectivity index (χ3v) is 16.2. The van der Waals surface area contributed by atoms with Gasteiger partial charge in [0.05, 0.1) is 11.3 Å². The van der Waals surface area contributed by atoms with Crippen molar-refractivity contribution < 1.29 is 46.9 Å². The minimum Gasteiger partial charge on any atom is -0.486 e. The van der Waals surface area contributed by atoms with Gasteiger partial charge in [0, 0.05) is 35.3 Å². The van der Waals surface area contributed by atoms with Crippen molar-refractivity contribution in [3.8, 4) is 17.4 Å². The van der Waals surface area contributed by atoms with E-state index in [0.717, 1.165) is 18.2 Å². The summed E-state index contributed by atoms with van der Waals surface area (Å²) >= 11 is 0. The van der Waals surface area contributed by atoms with Gasteiger partial charge in [-0.1, -0.05) is 26.0 Å². The SMILES string of the molecule is C[C@H]1CC/C=C\[C@@H]2C[C@@]2(C(=O)NS(=O)(=O)C2(C)CC2)NC(=O)[C@@H]2C[C@@H](Oc3nccc4c5c(ccc34)OCCO5)CN2C(=O)[C@@H](N(C(=O)O)C2CC3C[C@H]3C2)[C@H](C)C1. The molecule has 4 amide bonds. The Morgan fingerprint density at radius 1 is 1.03 bits per heavy atom. The molecule has 3 N–H and O–H groups in total. The maximum Gasteiger partial charge on any atom is 0.408 e. The molecule has 10 atom stereocenters. The molecule has 312 valence electrons. The molecule has 7 aliphatic rings. The zero-order valence-corrected chi connectivity index (χ0v) is 34.0. The van der Waals surface area contributed by atoms with E-state index in [0.29, 0.717) is 80.5 Å². The van der Waals surface area contributed by atoms with Crippen LogP contribution in [0, 0.1) is 29.6 Å². The number of pyridine rings is 1. The van der Waals surface area contributed by atoms with Crippen molar-refractivity contribution in [2.75, 3.05) is 19.8 Å². The fourth-order valence-corrected chi connectivity index (χ4v) is 11.5. The molecule has 1 saturated heterocycles. The van der Waals surface area contributed by atoms with Crippen LogP contribution in [0.25, 0.3) is 10.8 Å². The van der Waals surface area contributed by atoms with Crippen LogP contribution in [0.15, 0.2) is 36.5 Å². The van der Waals surface area contributed by atoms with E-state index in [4.69, 9.17) is 14.2 Å². The van der Waals surface area contributed by atoms with Crippen molar-refractivity contribution >= 4 is 44.6 Å². The third-order valence-electron chi connectivity index (χ3n) is 14.0. The summed E-state index contributed by atoms with van der Waals surface area (Å²) in [5.74, 6) is -0.253. The van der Waals surface area contributed by atoms with Crippen LogP contribution in [0.1, 0.15) is 85.0 Å². The van der Waals surface area contributed by atoms with Crippen LogP contribution >= 0.6 is 0 Å². The van der Waals surface area contributed by atoms with Crippen LogP contribution in [0.2, 0.25) is 0 Å². The smallest absolute Gasteiger partial charge is 0.408 e. The van der Waals surface area contributed by atoms with Gasteiger partial charge in [0.2, 0.25) is 27.7 Å². The maximum atomic E-state index is 15.3. The van der Waals surface area contributed by atoms with E-state index in [1.807, 2.05) is 25.1 Å². The predicted octanol–water partition coefficient (Wildman–Crippen LogP) is 4.39. The molecule has 0 bridgehead atoms. The summed E-state index contributed by atoms with van der Waals surface area (Å²) < 4.78 is 46.1. The van der Waals surface area contributed by atoms with E-state index in [-0.39, 0.29) is 43.1 Å². The molecule has 58 heavy (non-hydrogen) atoms. The van der Waals surface area contributed by atoms with Crippen molar-refractivity contribution in [1.29, 1.82) is 0 Å². The first kappa shape index (κ1) is 38.9. The lowest BCUT2D eigenvalue weighted by Gasteiger charge is -2.40. The minimum absolute atomic E-state index is 0.0208. The number of fused-ring (bicyclic) bond motifs is 6. The number of hydrogen-bond acceptors (Lipinski definition) is 10. The predicted molar refractivity (Wildman–Crippen MR) is 211 cm³/mol. The fraction of sp³-hybridized carbons (Fsp3) is 0.643. The van der Waals surface area contributed by atoms with Crippen molar-refractivity contribution in [3.05, 3.63) is 36.5 Å². The molecule has 4 aliphatic carbocycles. The van der Waals surface area contributed by atoms with Crippen LogP contribution in [-0.2, 0) is 24.4 Å². The van der Waals surface area contributed by atoms with Gasteiger partial charge in [0.25, 0.3) is 5.91 Å². The van der Waals surface area contributed by atoms with Crippen LogP contribution in [0.3, 0.4) is 0 Å². The number of nitrogens with zero attached hydrogens (tertiary/aromatic N) is 3. The van der Waals surface area contributed by atoms with Crippen LogP contribution in [-0.4, -0.2) is 106 Å². The first-order valence-corrected chi connectivity index (χ1v) is 22.4. The zero-order valence-electron chi connectivity index (χ0n) is 33.2. The lowest BCUT2D eigenvalue weighted by molar-refractivity contribution is -0.145. The Labute approximate surface area is 338 Å². The molecule has 4 heterocycles. The average molecular weight is 820 g/mol. The summed E-state index contributed by atoms with van der Waals surface area (Å²) in [5, 5.41) is 15.1. The number of hydrogen-bond donors (Lipinski definition) is 3. The summed E-state index contributed by atoms with van der Waals surface area (Å²) in [7, 11) is -4.02. The van der Waals surface area contributed by atoms with E-state index < -0.39 is 68.2 Å². The van der Waals surface area contributed by atoms with Gasteiger partial charge in [-0.3, -0.25) is 24.0 Å². The molecule has 15 nitrogen and oxygen atoms in total. The molecule has 1 aromatic carbocycles. The molecule has 16 heteroatoms. The first-order chi connectivity index (χ1) is 27.7. The quantitative estimate of drug-likeness (QED) is 0.336. The van der Waals surface area contributed by atoms with E-state index in [2.05, 4.69) is 21.9 Å². The second kappa shape index (κ2) is 14.3. The van der Waals surface area contributed by atoms with Crippen LogP contribution in [0.5, 0.6) is 17.4 Å². The molecule has 2 unspecified atom stereocenters. The van der Waals surface area contributed by atoms with Gasteiger partial charge >= 0.3 is 6.09 Å². The summed E-state index contributed by atoms with van der Waals surface area (Å²) in [6.45, 7) is 6.39. The number of ether oxygens (including phenoxy) is 3. The number of amides is 4. The van der Waals surface area contributed by atoms with Crippen LogP contribution < -0.4 is 24.2 Å². The highest BCUT2D eigenvalue weighted by Crippen LogP contribution is 2.54. The number of aromatic nitrogens is 1. The van der Waals surface area contributed by atoms with Crippen molar-refractivity contribution in [2.24, 2.45) is 29.6 Å². The number of allylic oxidation sites excluding steroid dienone is 1. The Balaban J connectivity index is 1.07. The Morgan fingerprint density at radius 2 is 1.79 bits per heavy atom. The summed E-state index contributed by atoms with van der Waals surface area (Å²) in [6, 6.07) is 2.88. The zero-order chi connectivity index (χ0) is 40.7. The van der Waals surface area contributed by atoms with E-state index in [1.54, 1.807) is 25.3 Å². The Hall–Kier alpha value is -4.60. The molecule has 5 fully saturated rings. The van der Waals surface area contributed by atoms with Gasteiger partial charge in [-0.25, -0.2) is 18.2 Å². The lowest BCUT2D eigenvalue weighted by Crippen LogP contribution is -2.61. The number of sulfonamides is 1. The van der Waals surface area contributed by atoms with Gasteiger partial charge in [0.1, 0.15) is 36.9 Å². The van der Waals surface area contributed by atoms with Crippen LogP contribution in [0.4, 0.5) is 4.79 Å². The maximum absolute atomic E-state index is 15.3. The Bertz CT molecular complexity index is 2170. The monoisotopic (exact) mass is 819 g/mol. The second-order valence-electron chi connectivity index (χ2n) is 18.3. The highest BCUT2D eigenvalue weighted by atomic mass is 32.2. The van der Waals surface area contributed by atoms with Gasteiger partial charge in [-0.2, -0.15) is 0 Å². The van der Waals surface area contributed by atoms with Crippen molar-refractivity contribution in [2.45, 2.75) is 119 Å². The number of rotatable bonds is 7. The van der Waals surface area contributed by atoms with E-state index in [1.165, 1.54) is 9.80 Å². The topological polar surface area (TPSA) is 194 Å². The summed E-state index contributed by atoms with van der Waals surface area (Å²) in [5.41, 5.74) is -1.55. The summed E-state index contributed by atoms with van der Waals surface area (Å²) in [4.78, 5) is 64.6. The fourth-order valence-electron chi connectivity index (χ4n) is 10.2. The molecule has 4 saturated carbocycles. The molecule has 1 aromatic heterocycles. The Kier molecular flexibility index (Phi) is 9.59. The molecule has 9 rings (SSSR count). The van der Waals surface area contributed by atoms with Crippen molar-refractivity contribution in [1.82, 2.24) is 24.8 Å². The largest absolute Gasteiger partial charge is 0.486 e. The van der Waals surface area contributed by atoms with Gasteiger partial charge in [-0.15, -0.1) is 0 Å². The standard InChI is InChI=1S/C42H53N5O10S/c1-23-6-4-5-7-27-21-42(27,39(50)45-58(53,54)41(3)11-12-41)44-36(48)32-20-29(57-37-31-8-9-33-35(56-15-14-55-33)30(31)10-13-43-37)22-46(32)38(49)34(24(2)16-23)47(40(51)52)28-18-25-17-26(25)19-28/h5,7-10,13,23-29,32,34H,4,6,11-12,14-22H2,1-3H3,(H,44,48)(H,45,50)(H,51,52)/b7-5-/t23-,24+,25-,26?,27+,28?,29+,32-,34-,42+/m0/s1. The third kappa shape index (κ3) is 6.92. The number of carbonyl (C=O) groups is 4. The minimum atomic E-state index is -4.02. The highest BCUT2D eigenvalue weighted by molar-refractivity contribution is 7.91. The second-order valence-corrected chi connectivity index (χ2v) is 20.5. The average Bonchev–Trinajstić information content (AvgIpc) is 4.14. The number of benzene rings is 1. The molecule has 0 spiro atoms. The van der Waals surface area contributed by atoms with Gasteiger partial charge < -0.3 is 29.5 Å². The van der Waals surface area contributed by atoms with Gasteiger partial charge in [0.15, 0.2) is 11.5 Å². The highest BCUT2D eigenvalue weighted by Gasteiger charge is 2.63. The van der Waals surface area contributed by atoms with E-state index >= 15 is 4.79 Å². The molecule has 2 aromatic rings.